The Morgan fingerprint density at radius 2 is 1.70 bits per heavy atom. The van der Waals surface area contributed by atoms with E-state index in [1.54, 1.807) is 0 Å². The molecule has 27 heavy (non-hydrogen) atoms. The number of hydrogen-bond donors (Lipinski definition) is 1. The number of hydrogen-bond acceptors (Lipinski definition) is 4. The summed E-state index contributed by atoms with van der Waals surface area (Å²) in [7, 11) is 0. The number of amides is 2. The summed E-state index contributed by atoms with van der Waals surface area (Å²) >= 11 is 0. The number of piperidine rings is 1. The van der Waals surface area contributed by atoms with Gasteiger partial charge in [-0.25, -0.2) is 4.79 Å². The highest BCUT2D eigenvalue weighted by atomic mass is 16.5. The second-order valence-corrected chi connectivity index (χ2v) is 8.06. The molecule has 2 heterocycles. The van der Waals surface area contributed by atoms with Crippen LogP contribution in [0.3, 0.4) is 0 Å². The van der Waals surface area contributed by atoms with Crippen molar-refractivity contribution < 1.29 is 14.3 Å². The van der Waals surface area contributed by atoms with Crippen molar-refractivity contribution in [2.24, 2.45) is 5.92 Å². The summed E-state index contributed by atoms with van der Waals surface area (Å²) < 4.78 is 5.41. The predicted molar refractivity (Wildman–Crippen MR) is 105 cm³/mol. The van der Waals surface area contributed by atoms with Gasteiger partial charge in [0.15, 0.2) is 5.78 Å². The van der Waals surface area contributed by atoms with Crippen LogP contribution < -0.4 is 5.32 Å². The molecule has 1 aromatic rings. The highest BCUT2D eigenvalue weighted by molar-refractivity contribution is 5.97. The molecule has 1 N–H and O–H groups in total. The standard InChI is InChI=1S/C21H31N3O3/c1-21(2,24-12-14-27-15-13-24)16-22-20(26)23-10-8-18(9-11-23)19(25)17-6-4-3-5-7-17/h3-7,18H,8-16H2,1-2H3,(H,22,26). The van der Waals surface area contributed by atoms with E-state index in [0.717, 1.165) is 44.7 Å². The zero-order valence-electron chi connectivity index (χ0n) is 16.4. The number of urea groups is 1. The van der Waals surface area contributed by atoms with E-state index in [-0.39, 0.29) is 23.3 Å². The summed E-state index contributed by atoms with van der Waals surface area (Å²) in [5, 5.41) is 3.09. The van der Waals surface area contributed by atoms with Crippen LogP contribution in [0.15, 0.2) is 30.3 Å². The Kier molecular flexibility index (Phi) is 6.50. The van der Waals surface area contributed by atoms with E-state index < -0.39 is 0 Å². The zero-order chi connectivity index (χ0) is 19.3. The van der Waals surface area contributed by atoms with E-state index in [1.807, 2.05) is 35.2 Å². The molecule has 148 valence electrons. The maximum Gasteiger partial charge on any atom is 0.317 e. The maximum atomic E-state index is 12.6. The van der Waals surface area contributed by atoms with Gasteiger partial charge >= 0.3 is 6.03 Å². The zero-order valence-corrected chi connectivity index (χ0v) is 16.4. The van der Waals surface area contributed by atoms with Gasteiger partial charge in [0.1, 0.15) is 0 Å². The number of carbonyl (C=O) groups excluding carboxylic acids is 2. The molecule has 2 saturated heterocycles. The van der Waals surface area contributed by atoms with E-state index in [9.17, 15) is 9.59 Å². The number of nitrogens with zero attached hydrogens (tertiary/aromatic N) is 2. The average molecular weight is 373 g/mol. The first kappa shape index (κ1) is 19.8. The average Bonchev–Trinajstić information content (AvgIpc) is 2.73. The Balaban J connectivity index is 1.45. The van der Waals surface area contributed by atoms with Gasteiger partial charge in [-0.3, -0.25) is 9.69 Å². The number of morpholine rings is 1. The molecule has 0 radical (unpaired) electrons. The number of carbonyl (C=O) groups is 2. The molecule has 1 aromatic carbocycles. The molecule has 2 amide bonds. The quantitative estimate of drug-likeness (QED) is 0.805. The molecule has 2 aliphatic heterocycles. The number of nitrogens with one attached hydrogen (secondary N) is 1. The van der Waals surface area contributed by atoms with Gasteiger partial charge in [0.25, 0.3) is 0 Å². The van der Waals surface area contributed by atoms with Gasteiger partial charge in [0.2, 0.25) is 0 Å². The van der Waals surface area contributed by atoms with Gasteiger partial charge in [0.05, 0.1) is 13.2 Å². The van der Waals surface area contributed by atoms with Gasteiger partial charge in [0, 0.05) is 49.7 Å². The fourth-order valence-corrected chi connectivity index (χ4v) is 3.87. The first-order valence-electron chi connectivity index (χ1n) is 9.92. The maximum absolute atomic E-state index is 12.6. The normalized spacial score (nSPS) is 19.7. The summed E-state index contributed by atoms with van der Waals surface area (Å²) in [5.74, 6) is 0.213. The van der Waals surface area contributed by atoms with Crippen LogP contribution in [-0.2, 0) is 4.74 Å². The van der Waals surface area contributed by atoms with Crippen LogP contribution in [0, 0.1) is 5.92 Å². The molecular weight excluding hydrogens is 342 g/mol. The fraction of sp³-hybridized carbons (Fsp3) is 0.619. The number of likely N-dealkylation sites (tertiary alicyclic amines) is 1. The minimum atomic E-state index is -0.0962. The lowest BCUT2D eigenvalue weighted by Gasteiger charge is -2.41. The second kappa shape index (κ2) is 8.85. The van der Waals surface area contributed by atoms with E-state index >= 15 is 0 Å². The van der Waals surface area contributed by atoms with Crippen molar-refractivity contribution in [3.63, 3.8) is 0 Å². The molecule has 2 fully saturated rings. The van der Waals surface area contributed by atoms with Crippen LogP contribution in [0.2, 0.25) is 0 Å². The Labute approximate surface area is 161 Å². The molecule has 0 atom stereocenters. The van der Waals surface area contributed by atoms with Crippen LogP contribution in [-0.4, -0.2) is 73.1 Å². The van der Waals surface area contributed by atoms with Crippen molar-refractivity contribution >= 4 is 11.8 Å². The molecule has 0 aliphatic carbocycles. The third kappa shape index (κ3) is 5.08. The Morgan fingerprint density at radius 3 is 2.33 bits per heavy atom. The van der Waals surface area contributed by atoms with Crippen molar-refractivity contribution in [1.29, 1.82) is 0 Å². The number of ketones is 1. The SMILES string of the molecule is CC(C)(CNC(=O)N1CCC(C(=O)c2ccccc2)CC1)N1CCOCC1. The molecular formula is C21H31N3O3. The van der Waals surface area contributed by atoms with Crippen LogP contribution >= 0.6 is 0 Å². The van der Waals surface area contributed by atoms with E-state index in [1.165, 1.54) is 0 Å². The van der Waals surface area contributed by atoms with Crippen LogP contribution in [0.1, 0.15) is 37.0 Å². The van der Waals surface area contributed by atoms with Gasteiger partial charge < -0.3 is 15.0 Å². The Morgan fingerprint density at radius 1 is 1.07 bits per heavy atom. The van der Waals surface area contributed by atoms with Crippen LogP contribution in [0.4, 0.5) is 4.79 Å². The molecule has 6 nitrogen and oxygen atoms in total. The summed E-state index contributed by atoms with van der Waals surface area (Å²) in [4.78, 5) is 29.3. The lowest BCUT2D eigenvalue weighted by molar-refractivity contribution is -0.00911. The summed E-state index contributed by atoms with van der Waals surface area (Å²) in [6, 6.07) is 9.42. The molecule has 0 spiro atoms. The number of Topliss-reactive ketones (excluding diaryl/α,β-unsaturated/α-hetero) is 1. The third-order valence-electron chi connectivity index (χ3n) is 5.75. The topological polar surface area (TPSA) is 61.9 Å². The van der Waals surface area contributed by atoms with E-state index in [4.69, 9.17) is 4.74 Å². The van der Waals surface area contributed by atoms with Gasteiger partial charge in [-0.1, -0.05) is 30.3 Å². The van der Waals surface area contributed by atoms with E-state index in [0.29, 0.717) is 19.6 Å². The Bertz CT molecular complexity index is 633. The fourth-order valence-electron chi connectivity index (χ4n) is 3.87. The molecule has 0 bridgehead atoms. The van der Waals surface area contributed by atoms with Crippen LogP contribution in [0.25, 0.3) is 0 Å². The molecule has 2 aliphatic rings. The minimum absolute atomic E-state index is 0.0150. The lowest BCUT2D eigenvalue weighted by Crippen LogP contribution is -2.57. The summed E-state index contributed by atoms with van der Waals surface area (Å²) in [6.07, 6.45) is 1.46. The highest BCUT2D eigenvalue weighted by Crippen LogP contribution is 2.22. The van der Waals surface area contributed by atoms with Crippen molar-refractivity contribution in [3.8, 4) is 0 Å². The predicted octanol–water partition coefficient (Wildman–Crippen LogP) is 2.40. The van der Waals surface area contributed by atoms with E-state index in [2.05, 4.69) is 24.1 Å². The van der Waals surface area contributed by atoms with Gasteiger partial charge in [-0.15, -0.1) is 0 Å². The summed E-state index contributed by atoms with van der Waals surface area (Å²) in [5.41, 5.74) is 0.675. The monoisotopic (exact) mass is 373 g/mol. The van der Waals surface area contributed by atoms with Gasteiger partial charge in [-0.05, 0) is 26.7 Å². The number of ether oxygens (including phenoxy) is 1. The molecule has 0 unspecified atom stereocenters. The largest absolute Gasteiger partial charge is 0.379 e. The molecule has 0 aromatic heterocycles. The number of benzene rings is 1. The first-order chi connectivity index (χ1) is 13.0. The van der Waals surface area contributed by atoms with Gasteiger partial charge in [-0.2, -0.15) is 0 Å². The minimum Gasteiger partial charge on any atom is -0.379 e. The first-order valence-corrected chi connectivity index (χ1v) is 9.92. The summed E-state index contributed by atoms with van der Waals surface area (Å²) in [6.45, 7) is 9.48. The lowest BCUT2D eigenvalue weighted by atomic mass is 9.89. The van der Waals surface area contributed by atoms with Crippen molar-refractivity contribution in [2.75, 3.05) is 45.9 Å². The molecule has 3 rings (SSSR count). The number of rotatable bonds is 5. The molecule has 6 heteroatoms. The third-order valence-corrected chi connectivity index (χ3v) is 5.75. The van der Waals surface area contributed by atoms with Crippen LogP contribution in [0.5, 0.6) is 0 Å². The highest BCUT2D eigenvalue weighted by Gasteiger charge is 2.31. The molecule has 0 saturated carbocycles. The second-order valence-electron chi connectivity index (χ2n) is 8.06. The smallest absolute Gasteiger partial charge is 0.317 e. The van der Waals surface area contributed by atoms with Crippen molar-refractivity contribution in [1.82, 2.24) is 15.1 Å². The van der Waals surface area contributed by atoms with Crippen molar-refractivity contribution in [2.45, 2.75) is 32.2 Å². The van der Waals surface area contributed by atoms with Crippen molar-refractivity contribution in [3.05, 3.63) is 35.9 Å². The Hall–Kier alpha value is -1.92.